The highest BCUT2D eigenvalue weighted by Crippen LogP contribution is 2.16. The zero-order valence-electron chi connectivity index (χ0n) is 17.4. The lowest BCUT2D eigenvalue weighted by Gasteiger charge is -2.29. The van der Waals surface area contributed by atoms with Crippen LogP contribution in [0.15, 0.2) is 48.5 Å². The average Bonchev–Trinajstić information content (AvgIpc) is 2.70. The molecule has 0 heterocycles. The second kappa shape index (κ2) is 10.6. The lowest BCUT2D eigenvalue weighted by atomic mass is 10.1. The number of hydrogen-bond acceptors (Lipinski definition) is 3. The number of aryl methyl sites for hydroxylation is 1. The van der Waals surface area contributed by atoms with Gasteiger partial charge in [0.15, 0.2) is 6.61 Å². The standard InChI is InChI=1S/C23H29FN2O3/c1-5-17(3)25-23(28)18(4)26(14-19-10-6-7-12-21(19)24)22(27)15-29-20-11-8-9-16(2)13-20/h6-13,17-18H,5,14-15H2,1-4H3,(H,25,28). The molecule has 2 aromatic carbocycles. The minimum Gasteiger partial charge on any atom is -0.484 e. The Labute approximate surface area is 171 Å². The van der Waals surface area contributed by atoms with Gasteiger partial charge in [-0.25, -0.2) is 4.39 Å². The maximum Gasteiger partial charge on any atom is 0.261 e. The Morgan fingerprint density at radius 1 is 1.14 bits per heavy atom. The van der Waals surface area contributed by atoms with Crippen molar-refractivity contribution in [2.75, 3.05) is 6.61 Å². The number of halogens is 1. The summed E-state index contributed by atoms with van der Waals surface area (Å²) in [6.07, 6.45) is 0.774. The molecular formula is C23H29FN2O3. The van der Waals surface area contributed by atoms with Gasteiger partial charge in [-0.2, -0.15) is 0 Å². The summed E-state index contributed by atoms with van der Waals surface area (Å²) in [5, 5.41) is 2.88. The van der Waals surface area contributed by atoms with Gasteiger partial charge in [0.25, 0.3) is 5.91 Å². The van der Waals surface area contributed by atoms with Crippen molar-refractivity contribution in [2.24, 2.45) is 0 Å². The first-order valence-corrected chi connectivity index (χ1v) is 9.84. The fraction of sp³-hybridized carbons (Fsp3) is 0.391. The van der Waals surface area contributed by atoms with E-state index >= 15 is 0 Å². The molecule has 0 saturated carbocycles. The number of carbonyl (C=O) groups excluding carboxylic acids is 2. The van der Waals surface area contributed by atoms with Crippen molar-refractivity contribution in [2.45, 2.75) is 52.7 Å². The monoisotopic (exact) mass is 400 g/mol. The maximum absolute atomic E-state index is 14.2. The van der Waals surface area contributed by atoms with E-state index in [-0.39, 0.29) is 31.0 Å². The van der Waals surface area contributed by atoms with Crippen LogP contribution < -0.4 is 10.1 Å². The lowest BCUT2D eigenvalue weighted by Crippen LogP contribution is -2.50. The highest BCUT2D eigenvalue weighted by atomic mass is 19.1. The van der Waals surface area contributed by atoms with Crippen LogP contribution in [0.25, 0.3) is 0 Å². The van der Waals surface area contributed by atoms with Crippen LogP contribution in [-0.4, -0.2) is 35.4 Å². The Morgan fingerprint density at radius 2 is 1.86 bits per heavy atom. The van der Waals surface area contributed by atoms with Crippen LogP contribution in [0.5, 0.6) is 5.75 Å². The molecule has 156 valence electrons. The summed E-state index contributed by atoms with van der Waals surface area (Å²) >= 11 is 0. The first kappa shape index (κ1) is 22.4. The van der Waals surface area contributed by atoms with Crippen LogP contribution in [0.4, 0.5) is 4.39 Å². The van der Waals surface area contributed by atoms with Crippen molar-refractivity contribution in [3.05, 3.63) is 65.5 Å². The Bertz CT molecular complexity index is 840. The summed E-state index contributed by atoms with van der Waals surface area (Å²) in [7, 11) is 0. The number of carbonyl (C=O) groups is 2. The van der Waals surface area contributed by atoms with E-state index in [2.05, 4.69) is 5.32 Å². The number of hydrogen-bond donors (Lipinski definition) is 1. The molecule has 5 nitrogen and oxygen atoms in total. The summed E-state index contributed by atoms with van der Waals surface area (Å²) in [4.78, 5) is 26.9. The summed E-state index contributed by atoms with van der Waals surface area (Å²) < 4.78 is 19.8. The molecule has 2 amide bonds. The van der Waals surface area contributed by atoms with E-state index in [1.165, 1.54) is 11.0 Å². The van der Waals surface area contributed by atoms with E-state index in [1.807, 2.05) is 39.0 Å². The van der Waals surface area contributed by atoms with Crippen LogP contribution in [-0.2, 0) is 16.1 Å². The molecule has 0 fully saturated rings. The second-order valence-electron chi connectivity index (χ2n) is 7.21. The highest BCUT2D eigenvalue weighted by Gasteiger charge is 2.27. The highest BCUT2D eigenvalue weighted by molar-refractivity contribution is 5.88. The van der Waals surface area contributed by atoms with E-state index in [9.17, 15) is 14.0 Å². The van der Waals surface area contributed by atoms with Crippen molar-refractivity contribution in [3.63, 3.8) is 0 Å². The molecule has 2 unspecified atom stereocenters. The zero-order chi connectivity index (χ0) is 21.4. The molecule has 0 aliphatic rings. The maximum atomic E-state index is 14.2. The second-order valence-corrected chi connectivity index (χ2v) is 7.21. The minimum absolute atomic E-state index is 0.0149. The molecule has 0 spiro atoms. The van der Waals surface area contributed by atoms with Gasteiger partial charge < -0.3 is 15.0 Å². The number of nitrogens with one attached hydrogen (secondary N) is 1. The van der Waals surface area contributed by atoms with Crippen molar-refractivity contribution in [1.82, 2.24) is 10.2 Å². The number of benzene rings is 2. The predicted octanol–water partition coefficient (Wildman–Crippen LogP) is 3.84. The van der Waals surface area contributed by atoms with Gasteiger partial charge in [0.1, 0.15) is 17.6 Å². The van der Waals surface area contributed by atoms with Crippen molar-refractivity contribution >= 4 is 11.8 Å². The molecule has 0 saturated heterocycles. The Balaban J connectivity index is 2.17. The quantitative estimate of drug-likeness (QED) is 0.696. The van der Waals surface area contributed by atoms with E-state index in [1.54, 1.807) is 31.2 Å². The molecule has 0 aliphatic carbocycles. The fourth-order valence-electron chi connectivity index (χ4n) is 2.79. The average molecular weight is 400 g/mol. The van der Waals surface area contributed by atoms with Gasteiger partial charge in [-0.1, -0.05) is 37.3 Å². The molecule has 0 radical (unpaired) electrons. The van der Waals surface area contributed by atoms with Crippen LogP contribution in [0.1, 0.15) is 38.3 Å². The number of rotatable bonds is 9. The molecule has 0 bridgehead atoms. The largest absolute Gasteiger partial charge is 0.484 e. The minimum atomic E-state index is -0.766. The van der Waals surface area contributed by atoms with Gasteiger partial charge in [0.05, 0.1) is 0 Å². The lowest BCUT2D eigenvalue weighted by molar-refractivity contribution is -0.142. The molecule has 2 aromatic rings. The van der Waals surface area contributed by atoms with Gasteiger partial charge in [0, 0.05) is 18.2 Å². The van der Waals surface area contributed by atoms with E-state index in [4.69, 9.17) is 4.74 Å². The van der Waals surface area contributed by atoms with Crippen LogP contribution in [0.3, 0.4) is 0 Å². The first-order valence-electron chi connectivity index (χ1n) is 9.84. The van der Waals surface area contributed by atoms with Gasteiger partial charge in [-0.3, -0.25) is 9.59 Å². The van der Waals surface area contributed by atoms with Crippen molar-refractivity contribution < 1.29 is 18.7 Å². The first-order chi connectivity index (χ1) is 13.8. The summed E-state index contributed by atoms with van der Waals surface area (Å²) in [6.45, 7) is 7.18. The van der Waals surface area contributed by atoms with Gasteiger partial charge >= 0.3 is 0 Å². The van der Waals surface area contributed by atoms with Crippen LogP contribution in [0.2, 0.25) is 0 Å². The molecule has 1 N–H and O–H groups in total. The third kappa shape index (κ3) is 6.59. The number of nitrogens with zero attached hydrogens (tertiary/aromatic N) is 1. The molecule has 29 heavy (non-hydrogen) atoms. The zero-order valence-corrected chi connectivity index (χ0v) is 17.4. The normalized spacial score (nSPS) is 12.7. The van der Waals surface area contributed by atoms with Crippen molar-refractivity contribution in [3.8, 4) is 5.75 Å². The van der Waals surface area contributed by atoms with Gasteiger partial charge in [-0.15, -0.1) is 0 Å². The van der Waals surface area contributed by atoms with Crippen LogP contribution in [0, 0.1) is 12.7 Å². The number of ether oxygens (including phenoxy) is 1. The molecular weight excluding hydrogens is 371 g/mol. The Kier molecular flexibility index (Phi) is 8.19. The Morgan fingerprint density at radius 3 is 2.52 bits per heavy atom. The van der Waals surface area contributed by atoms with E-state index in [0.717, 1.165) is 12.0 Å². The van der Waals surface area contributed by atoms with Crippen LogP contribution >= 0.6 is 0 Å². The molecule has 0 aromatic heterocycles. The number of amides is 2. The van der Waals surface area contributed by atoms with E-state index < -0.39 is 11.9 Å². The SMILES string of the molecule is CCC(C)NC(=O)C(C)N(Cc1ccccc1F)C(=O)COc1cccc(C)c1. The smallest absolute Gasteiger partial charge is 0.261 e. The summed E-state index contributed by atoms with van der Waals surface area (Å²) in [5.74, 6) is -0.513. The molecule has 2 rings (SSSR count). The summed E-state index contributed by atoms with van der Waals surface area (Å²) in [6, 6.07) is 12.8. The van der Waals surface area contributed by atoms with Gasteiger partial charge in [-0.05, 0) is 51.0 Å². The van der Waals surface area contributed by atoms with Crippen molar-refractivity contribution in [1.29, 1.82) is 0 Å². The predicted molar refractivity (Wildman–Crippen MR) is 111 cm³/mol. The van der Waals surface area contributed by atoms with E-state index in [0.29, 0.717) is 11.3 Å². The summed E-state index contributed by atoms with van der Waals surface area (Å²) in [5.41, 5.74) is 1.36. The topological polar surface area (TPSA) is 58.6 Å². The Hall–Kier alpha value is -2.89. The van der Waals surface area contributed by atoms with Gasteiger partial charge in [0.2, 0.25) is 5.91 Å². The third-order valence-electron chi connectivity index (χ3n) is 4.82. The third-order valence-corrected chi connectivity index (χ3v) is 4.82. The molecule has 0 aliphatic heterocycles. The molecule has 6 heteroatoms. The fourth-order valence-corrected chi connectivity index (χ4v) is 2.79. The molecule has 2 atom stereocenters.